The quantitative estimate of drug-likeness (QED) is 0.125. The third-order valence-electron chi connectivity index (χ3n) is 4.81. The molecule has 0 saturated heterocycles. The molecule has 11 heteroatoms. The molecule has 33 heavy (non-hydrogen) atoms. The summed E-state index contributed by atoms with van der Waals surface area (Å²) in [6, 6.07) is 0. The highest BCUT2D eigenvalue weighted by atomic mass is 32.1. The maximum Gasteiger partial charge on any atom is 0.225 e. The van der Waals surface area contributed by atoms with Gasteiger partial charge in [-0.2, -0.15) is 37.9 Å². The van der Waals surface area contributed by atoms with E-state index in [2.05, 4.69) is 63.8 Å². The van der Waals surface area contributed by atoms with Gasteiger partial charge in [0.2, 0.25) is 17.7 Å². The summed E-state index contributed by atoms with van der Waals surface area (Å²) in [5.41, 5.74) is 0.212. The predicted molar refractivity (Wildman–Crippen MR) is 145 cm³/mol. The molecule has 0 bridgehead atoms. The smallest absolute Gasteiger partial charge is 0.225 e. The Labute approximate surface area is 213 Å². The molecule has 0 saturated carbocycles. The van der Waals surface area contributed by atoms with Crippen LogP contribution in [0.25, 0.3) is 0 Å². The molecule has 1 aromatic rings. The first-order valence-electron chi connectivity index (χ1n) is 11.6. The zero-order valence-corrected chi connectivity index (χ0v) is 21.8. The minimum absolute atomic E-state index is 0.179. The van der Waals surface area contributed by atoms with E-state index in [0.717, 1.165) is 75.0 Å². The third kappa shape index (κ3) is 13.7. The lowest BCUT2D eigenvalue weighted by Gasteiger charge is -2.15. The van der Waals surface area contributed by atoms with Crippen LogP contribution in [-0.4, -0.2) is 44.9 Å². The Hall–Kier alpha value is -1.46. The van der Waals surface area contributed by atoms with Crippen molar-refractivity contribution in [2.24, 2.45) is 0 Å². The van der Waals surface area contributed by atoms with Crippen molar-refractivity contribution in [3.63, 3.8) is 0 Å². The van der Waals surface area contributed by atoms with E-state index in [-0.39, 0.29) is 35.0 Å². The normalized spacial score (nSPS) is 10.6. The molecule has 0 aliphatic carbocycles. The van der Waals surface area contributed by atoms with E-state index in [1.54, 1.807) is 0 Å². The molecule has 186 valence electrons. The molecule has 0 aliphatic rings. The Balaban J connectivity index is 2.87. The zero-order chi connectivity index (χ0) is 24.3. The van der Waals surface area contributed by atoms with Gasteiger partial charge >= 0.3 is 0 Å². The Bertz CT molecular complexity index is 693. The molecule has 1 rings (SSSR count). The number of unbranched alkanes of at least 4 members (excludes halogenated alkanes) is 6. The molecule has 3 amide bonds. The van der Waals surface area contributed by atoms with E-state index in [0.29, 0.717) is 19.3 Å². The maximum atomic E-state index is 12.5. The highest BCUT2D eigenvalue weighted by Crippen LogP contribution is 2.27. The molecule has 0 unspecified atom stereocenters. The van der Waals surface area contributed by atoms with E-state index in [1.807, 2.05) is 0 Å². The zero-order valence-electron chi connectivity index (χ0n) is 19.1. The van der Waals surface area contributed by atoms with Crippen LogP contribution in [0.5, 0.6) is 0 Å². The number of anilines is 3. The van der Waals surface area contributed by atoms with E-state index < -0.39 is 0 Å². The van der Waals surface area contributed by atoms with Crippen LogP contribution in [0, 0.1) is 0 Å². The van der Waals surface area contributed by atoms with Gasteiger partial charge in [-0.05, 0) is 55.8 Å². The summed E-state index contributed by atoms with van der Waals surface area (Å²) in [5.74, 6) is 2.07. The van der Waals surface area contributed by atoms with Crippen molar-refractivity contribution in [1.29, 1.82) is 0 Å². The molecule has 1 heterocycles. The number of amides is 3. The number of carbonyl (C=O) groups excluding carboxylic acids is 3. The highest BCUT2D eigenvalue weighted by Gasteiger charge is 2.18. The fraction of sp³-hybridized carbons (Fsp3) is 0.682. The summed E-state index contributed by atoms with van der Waals surface area (Å²) in [7, 11) is 0. The Kier molecular flexibility index (Phi) is 16.9. The molecule has 0 atom stereocenters. The van der Waals surface area contributed by atoms with Gasteiger partial charge in [0.15, 0.2) is 11.6 Å². The summed E-state index contributed by atoms with van der Waals surface area (Å²) in [5, 5.41) is 8.28. The summed E-state index contributed by atoms with van der Waals surface area (Å²) < 4.78 is 0. The number of nitrogens with zero attached hydrogens (tertiary/aromatic N) is 2. The second-order valence-electron chi connectivity index (χ2n) is 7.69. The van der Waals surface area contributed by atoms with Gasteiger partial charge in [-0.15, -0.1) is 0 Å². The lowest BCUT2D eigenvalue weighted by molar-refractivity contribution is -0.117. The molecule has 0 aromatic carbocycles. The SMILES string of the molecule is O=C(CCCCCS)Nc1ncnc(NC(=O)CCCCCS)c1NC(=O)CCCCCS. The van der Waals surface area contributed by atoms with E-state index in [1.165, 1.54) is 6.33 Å². The summed E-state index contributed by atoms with van der Waals surface area (Å²) >= 11 is 12.5. The van der Waals surface area contributed by atoms with Crippen LogP contribution < -0.4 is 16.0 Å². The first kappa shape index (κ1) is 29.6. The van der Waals surface area contributed by atoms with Crippen LogP contribution in [-0.2, 0) is 14.4 Å². The van der Waals surface area contributed by atoms with Crippen LogP contribution in [0.3, 0.4) is 0 Å². The lowest BCUT2D eigenvalue weighted by Crippen LogP contribution is -2.21. The van der Waals surface area contributed by atoms with Crippen molar-refractivity contribution in [2.45, 2.75) is 77.0 Å². The van der Waals surface area contributed by atoms with Crippen molar-refractivity contribution in [3.05, 3.63) is 6.33 Å². The van der Waals surface area contributed by atoms with Crippen LogP contribution in [0.1, 0.15) is 77.0 Å². The fourth-order valence-electron chi connectivity index (χ4n) is 3.01. The molecule has 8 nitrogen and oxygen atoms in total. The van der Waals surface area contributed by atoms with Gasteiger partial charge in [-0.25, -0.2) is 9.97 Å². The average molecular weight is 516 g/mol. The molecule has 0 radical (unpaired) electrons. The van der Waals surface area contributed by atoms with Gasteiger partial charge < -0.3 is 16.0 Å². The molecule has 0 spiro atoms. The number of thiol groups is 3. The summed E-state index contributed by atoms with van der Waals surface area (Å²) in [6.45, 7) is 0. The number of carbonyl (C=O) groups is 3. The monoisotopic (exact) mass is 515 g/mol. The fourth-order valence-corrected chi connectivity index (χ4v) is 3.68. The van der Waals surface area contributed by atoms with Crippen LogP contribution in [0.15, 0.2) is 6.33 Å². The van der Waals surface area contributed by atoms with E-state index >= 15 is 0 Å². The average Bonchev–Trinajstić information content (AvgIpc) is 2.79. The van der Waals surface area contributed by atoms with Gasteiger partial charge in [-0.1, -0.05) is 19.3 Å². The van der Waals surface area contributed by atoms with Crippen LogP contribution in [0.4, 0.5) is 17.3 Å². The van der Waals surface area contributed by atoms with Crippen molar-refractivity contribution >= 4 is 72.9 Å². The van der Waals surface area contributed by atoms with E-state index in [4.69, 9.17) is 0 Å². The second kappa shape index (κ2) is 18.9. The van der Waals surface area contributed by atoms with Gasteiger partial charge in [0.05, 0.1) is 0 Å². The van der Waals surface area contributed by atoms with E-state index in [9.17, 15) is 14.4 Å². The van der Waals surface area contributed by atoms with Gasteiger partial charge in [0.25, 0.3) is 0 Å². The van der Waals surface area contributed by atoms with Gasteiger partial charge in [0.1, 0.15) is 12.0 Å². The van der Waals surface area contributed by atoms with Gasteiger partial charge in [0, 0.05) is 19.3 Å². The minimum Gasteiger partial charge on any atom is -0.320 e. The maximum absolute atomic E-state index is 12.5. The molecule has 0 aliphatic heterocycles. The standard InChI is InChI=1S/C22H37N5O3S3/c28-17(10-4-1-7-13-31)25-20-21(26-18(29)11-5-2-8-14-32)23-16-24-22(20)27-19(30)12-6-3-9-15-33/h16,31-33H,1-15H2,(H,25,28)(H2,23,24,26,27,29,30). The number of hydrogen-bond donors (Lipinski definition) is 6. The highest BCUT2D eigenvalue weighted by molar-refractivity contribution is 7.80. The van der Waals surface area contributed by atoms with Crippen molar-refractivity contribution in [1.82, 2.24) is 9.97 Å². The third-order valence-corrected chi connectivity index (χ3v) is 5.76. The topological polar surface area (TPSA) is 113 Å². The second-order valence-corrected chi connectivity index (χ2v) is 9.03. The Morgan fingerprint density at radius 1 is 0.576 bits per heavy atom. The van der Waals surface area contributed by atoms with Crippen LogP contribution in [0.2, 0.25) is 0 Å². The molecule has 0 fully saturated rings. The molecule has 1 aromatic heterocycles. The summed E-state index contributed by atoms with van der Waals surface area (Å²) in [6.07, 6.45) is 9.99. The van der Waals surface area contributed by atoms with Crippen molar-refractivity contribution in [2.75, 3.05) is 33.2 Å². The number of rotatable bonds is 18. The van der Waals surface area contributed by atoms with Gasteiger partial charge in [-0.3, -0.25) is 14.4 Å². The predicted octanol–water partition coefficient (Wildman–Crippen LogP) is 4.76. The molecular formula is C22H37N5O3S3. The number of nitrogens with one attached hydrogen (secondary N) is 3. The molecular weight excluding hydrogens is 478 g/mol. The lowest BCUT2D eigenvalue weighted by atomic mass is 10.2. The number of aromatic nitrogens is 2. The largest absolute Gasteiger partial charge is 0.320 e. The van der Waals surface area contributed by atoms with Crippen molar-refractivity contribution in [3.8, 4) is 0 Å². The Morgan fingerprint density at radius 2 is 0.939 bits per heavy atom. The van der Waals surface area contributed by atoms with Crippen molar-refractivity contribution < 1.29 is 14.4 Å². The number of hydrogen-bond acceptors (Lipinski definition) is 8. The summed E-state index contributed by atoms with van der Waals surface area (Å²) in [4.78, 5) is 45.6. The first-order chi connectivity index (χ1) is 16.0. The first-order valence-corrected chi connectivity index (χ1v) is 13.5. The Morgan fingerprint density at radius 3 is 1.30 bits per heavy atom. The van der Waals surface area contributed by atoms with Crippen LogP contribution >= 0.6 is 37.9 Å². The minimum atomic E-state index is -0.225. The molecule has 3 N–H and O–H groups in total.